The maximum absolute atomic E-state index is 13.0. The third kappa shape index (κ3) is 5.93. The number of anilines is 1. The number of piperazine rings is 1. The van der Waals surface area contributed by atoms with Crippen molar-refractivity contribution in [3.05, 3.63) is 88.1 Å². The lowest BCUT2D eigenvalue weighted by molar-refractivity contribution is 0.301. The van der Waals surface area contributed by atoms with Gasteiger partial charge in [-0.3, -0.25) is 0 Å². The normalized spacial score (nSPS) is 23.3. The SMILES string of the molecule is CS(=O)(=O)C1C=CC(N2CCNCC2)=CC1(CCc1cc(Cl)cc(Cl)c1)Nc1ccccc1. The molecule has 33 heavy (non-hydrogen) atoms. The number of para-hydroxylation sites is 1. The van der Waals surface area contributed by atoms with Crippen LogP contribution in [0.1, 0.15) is 12.0 Å². The first-order valence-electron chi connectivity index (χ1n) is 11.1. The highest BCUT2D eigenvalue weighted by molar-refractivity contribution is 7.91. The van der Waals surface area contributed by atoms with E-state index in [0.717, 1.165) is 43.1 Å². The molecule has 0 aromatic heterocycles. The van der Waals surface area contributed by atoms with Gasteiger partial charge in [0.2, 0.25) is 0 Å². The van der Waals surface area contributed by atoms with Gasteiger partial charge >= 0.3 is 0 Å². The molecule has 0 amide bonds. The zero-order valence-electron chi connectivity index (χ0n) is 18.6. The van der Waals surface area contributed by atoms with Crippen LogP contribution in [-0.2, 0) is 16.3 Å². The molecule has 1 saturated heterocycles. The molecule has 1 heterocycles. The van der Waals surface area contributed by atoms with Gasteiger partial charge in [-0.2, -0.15) is 0 Å². The number of hydrogen-bond donors (Lipinski definition) is 2. The van der Waals surface area contributed by atoms with Gasteiger partial charge in [-0.25, -0.2) is 8.42 Å². The summed E-state index contributed by atoms with van der Waals surface area (Å²) in [5.74, 6) is 0. The number of hydrogen-bond acceptors (Lipinski definition) is 5. The van der Waals surface area contributed by atoms with Gasteiger partial charge in [0, 0.05) is 53.9 Å². The summed E-state index contributed by atoms with van der Waals surface area (Å²) in [6.07, 6.45) is 8.39. The quantitative estimate of drug-likeness (QED) is 0.577. The van der Waals surface area contributed by atoms with E-state index in [9.17, 15) is 8.42 Å². The minimum Gasteiger partial charge on any atom is -0.374 e. The second kappa shape index (κ2) is 10.1. The molecule has 0 radical (unpaired) electrons. The Bertz CT molecular complexity index is 1130. The molecular weight excluding hydrogens is 477 g/mol. The van der Waals surface area contributed by atoms with E-state index >= 15 is 0 Å². The standard InChI is InChI=1S/C25H29Cl2N3O2S/c1-33(31,32)24-8-7-23(30-13-11-28-12-14-30)18-25(24,29-22-5-3-2-4-6-22)10-9-19-15-20(26)17-21(27)16-19/h2-8,15-18,24,28-29H,9-14H2,1H3. The van der Waals surface area contributed by atoms with Crippen molar-refractivity contribution in [3.63, 3.8) is 0 Å². The molecule has 0 bridgehead atoms. The molecule has 176 valence electrons. The van der Waals surface area contributed by atoms with Crippen LogP contribution in [0.3, 0.4) is 0 Å². The highest BCUT2D eigenvalue weighted by Crippen LogP contribution is 2.36. The Hall–Kier alpha value is -1.99. The Labute approximate surface area is 206 Å². The molecular formula is C25H29Cl2N3O2S. The molecule has 2 aliphatic rings. The number of allylic oxidation sites excluding steroid dienone is 1. The minimum absolute atomic E-state index is 0.552. The predicted octanol–water partition coefficient (Wildman–Crippen LogP) is 4.55. The summed E-state index contributed by atoms with van der Waals surface area (Å²) in [5, 5.41) is 7.41. The van der Waals surface area contributed by atoms with Gasteiger partial charge in [-0.1, -0.05) is 47.5 Å². The minimum atomic E-state index is -3.41. The Morgan fingerprint density at radius 2 is 1.76 bits per heavy atom. The average Bonchev–Trinajstić information content (AvgIpc) is 2.78. The van der Waals surface area contributed by atoms with Gasteiger partial charge in [0.25, 0.3) is 0 Å². The van der Waals surface area contributed by atoms with Crippen molar-refractivity contribution in [3.8, 4) is 0 Å². The Balaban J connectivity index is 1.76. The van der Waals surface area contributed by atoms with E-state index in [1.54, 1.807) is 6.07 Å². The number of nitrogens with zero attached hydrogens (tertiary/aromatic N) is 1. The van der Waals surface area contributed by atoms with E-state index in [1.165, 1.54) is 6.26 Å². The van der Waals surface area contributed by atoms with Crippen molar-refractivity contribution in [2.24, 2.45) is 0 Å². The van der Waals surface area contributed by atoms with Gasteiger partial charge in [-0.05, 0) is 60.9 Å². The molecule has 0 spiro atoms. The van der Waals surface area contributed by atoms with Gasteiger partial charge in [0.15, 0.2) is 9.84 Å². The molecule has 4 rings (SSSR count). The molecule has 1 aliphatic carbocycles. The van der Waals surface area contributed by atoms with Crippen LogP contribution in [0.4, 0.5) is 5.69 Å². The summed E-state index contributed by atoms with van der Waals surface area (Å²) in [7, 11) is -3.41. The van der Waals surface area contributed by atoms with E-state index in [1.807, 2.05) is 54.6 Å². The fourth-order valence-electron chi connectivity index (χ4n) is 4.68. The van der Waals surface area contributed by atoms with E-state index in [-0.39, 0.29) is 0 Å². The summed E-state index contributed by atoms with van der Waals surface area (Å²) < 4.78 is 26.0. The monoisotopic (exact) mass is 505 g/mol. The number of benzene rings is 2. The summed E-state index contributed by atoms with van der Waals surface area (Å²) in [5.41, 5.74) is 2.06. The largest absolute Gasteiger partial charge is 0.374 e. The lowest BCUT2D eigenvalue weighted by Crippen LogP contribution is -2.53. The molecule has 1 fully saturated rings. The van der Waals surface area contributed by atoms with Crippen LogP contribution >= 0.6 is 23.2 Å². The van der Waals surface area contributed by atoms with Gasteiger partial charge in [-0.15, -0.1) is 0 Å². The van der Waals surface area contributed by atoms with Gasteiger partial charge in [0.1, 0.15) is 5.25 Å². The number of halogens is 2. The van der Waals surface area contributed by atoms with E-state index in [4.69, 9.17) is 23.2 Å². The van der Waals surface area contributed by atoms with Crippen molar-refractivity contribution in [2.75, 3.05) is 37.8 Å². The first kappa shape index (κ1) is 24.1. The average molecular weight is 506 g/mol. The molecule has 2 atom stereocenters. The molecule has 5 nitrogen and oxygen atoms in total. The highest BCUT2D eigenvalue weighted by Gasteiger charge is 2.44. The first-order valence-corrected chi connectivity index (χ1v) is 13.8. The number of nitrogens with one attached hydrogen (secondary N) is 2. The molecule has 2 aromatic carbocycles. The number of rotatable bonds is 7. The molecule has 2 aromatic rings. The van der Waals surface area contributed by atoms with Gasteiger partial charge in [0.05, 0.1) is 5.54 Å². The lowest BCUT2D eigenvalue weighted by atomic mass is 9.83. The highest BCUT2D eigenvalue weighted by atomic mass is 35.5. The fraction of sp³-hybridized carbons (Fsp3) is 0.360. The van der Waals surface area contributed by atoms with Crippen LogP contribution < -0.4 is 10.6 Å². The maximum Gasteiger partial charge on any atom is 0.156 e. The van der Waals surface area contributed by atoms with E-state index < -0.39 is 20.6 Å². The Morgan fingerprint density at radius 1 is 1.09 bits per heavy atom. The van der Waals surface area contributed by atoms with E-state index in [0.29, 0.717) is 22.9 Å². The van der Waals surface area contributed by atoms with Crippen LogP contribution in [0.5, 0.6) is 0 Å². The van der Waals surface area contributed by atoms with Crippen molar-refractivity contribution >= 4 is 38.7 Å². The van der Waals surface area contributed by atoms with Crippen molar-refractivity contribution in [1.82, 2.24) is 10.2 Å². The predicted molar refractivity (Wildman–Crippen MR) is 138 cm³/mol. The maximum atomic E-state index is 13.0. The van der Waals surface area contributed by atoms with Crippen LogP contribution in [0, 0.1) is 0 Å². The zero-order chi connectivity index (χ0) is 23.5. The summed E-state index contributed by atoms with van der Waals surface area (Å²) in [4.78, 5) is 2.31. The van der Waals surface area contributed by atoms with Crippen molar-refractivity contribution < 1.29 is 8.42 Å². The lowest BCUT2D eigenvalue weighted by Gasteiger charge is -2.43. The molecule has 8 heteroatoms. The topological polar surface area (TPSA) is 61.4 Å². The van der Waals surface area contributed by atoms with Gasteiger partial charge < -0.3 is 15.5 Å². The molecule has 2 unspecified atom stereocenters. The molecule has 1 aliphatic heterocycles. The van der Waals surface area contributed by atoms with Crippen LogP contribution in [0.2, 0.25) is 10.0 Å². The summed E-state index contributed by atoms with van der Waals surface area (Å²) in [6, 6.07) is 15.3. The fourth-order valence-corrected chi connectivity index (χ4v) is 6.62. The van der Waals surface area contributed by atoms with Crippen LogP contribution in [-0.4, -0.2) is 56.5 Å². The van der Waals surface area contributed by atoms with Crippen molar-refractivity contribution in [2.45, 2.75) is 23.6 Å². The Morgan fingerprint density at radius 3 is 2.39 bits per heavy atom. The van der Waals surface area contributed by atoms with Crippen LogP contribution in [0.25, 0.3) is 0 Å². The third-order valence-electron chi connectivity index (χ3n) is 6.20. The second-order valence-corrected chi connectivity index (χ2v) is 11.8. The Kier molecular flexibility index (Phi) is 7.39. The third-order valence-corrected chi connectivity index (χ3v) is 8.14. The zero-order valence-corrected chi connectivity index (χ0v) is 20.9. The number of sulfone groups is 1. The van der Waals surface area contributed by atoms with Crippen LogP contribution in [0.15, 0.2) is 72.5 Å². The second-order valence-electron chi connectivity index (χ2n) is 8.72. The number of aryl methyl sites for hydroxylation is 1. The van der Waals surface area contributed by atoms with Crippen molar-refractivity contribution in [1.29, 1.82) is 0 Å². The molecule has 2 N–H and O–H groups in total. The summed E-state index contributed by atoms with van der Waals surface area (Å²) in [6.45, 7) is 3.57. The summed E-state index contributed by atoms with van der Waals surface area (Å²) >= 11 is 12.5. The first-order chi connectivity index (χ1) is 15.7. The van der Waals surface area contributed by atoms with E-state index in [2.05, 4.69) is 21.6 Å². The smallest absolute Gasteiger partial charge is 0.156 e. The molecule has 0 saturated carbocycles.